The molecule has 2 rings (SSSR count). The molecule has 0 radical (unpaired) electrons. The maximum atomic E-state index is 5.83. The molecular formula is C15H24N2O3. The quantitative estimate of drug-likeness (QED) is 0.617. The van der Waals surface area contributed by atoms with Gasteiger partial charge in [-0.05, 0) is 25.0 Å². The molecule has 1 aliphatic rings. The van der Waals surface area contributed by atoms with Crippen LogP contribution in [-0.2, 0) is 4.74 Å². The van der Waals surface area contributed by atoms with Crippen LogP contribution in [0, 0.1) is 0 Å². The molecule has 5 heteroatoms. The van der Waals surface area contributed by atoms with Crippen molar-refractivity contribution in [3.05, 3.63) is 23.8 Å². The van der Waals surface area contributed by atoms with Crippen molar-refractivity contribution in [1.29, 1.82) is 0 Å². The average Bonchev–Trinajstić information content (AvgIpc) is 2.98. The van der Waals surface area contributed by atoms with Crippen LogP contribution >= 0.6 is 0 Å². The topological polar surface area (TPSA) is 65.7 Å². The van der Waals surface area contributed by atoms with Gasteiger partial charge in [-0.2, -0.15) is 0 Å². The Morgan fingerprint density at radius 3 is 2.35 bits per heavy atom. The monoisotopic (exact) mass is 280 g/mol. The first-order valence-corrected chi connectivity index (χ1v) is 6.94. The second-order valence-electron chi connectivity index (χ2n) is 5.18. The zero-order valence-electron chi connectivity index (χ0n) is 12.4. The zero-order valence-corrected chi connectivity index (χ0v) is 12.4. The second-order valence-corrected chi connectivity index (χ2v) is 5.18. The lowest BCUT2D eigenvalue weighted by atomic mass is 9.86. The third kappa shape index (κ3) is 2.61. The van der Waals surface area contributed by atoms with E-state index in [4.69, 9.17) is 20.1 Å². The predicted molar refractivity (Wildman–Crippen MR) is 77.8 cm³/mol. The van der Waals surface area contributed by atoms with Crippen molar-refractivity contribution in [2.75, 3.05) is 21.3 Å². The molecule has 1 aromatic rings. The lowest BCUT2D eigenvalue weighted by Crippen LogP contribution is -2.46. The first-order valence-electron chi connectivity index (χ1n) is 6.94. The Labute approximate surface area is 120 Å². The average molecular weight is 280 g/mol. The SMILES string of the molecule is COc1ccc(C(NN)C2(OC)CCCC2)c(OC)c1. The Bertz CT molecular complexity index is 445. The summed E-state index contributed by atoms with van der Waals surface area (Å²) in [6.07, 6.45) is 4.30. The van der Waals surface area contributed by atoms with E-state index in [0.29, 0.717) is 0 Å². The van der Waals surface area contributed by atoms with Gasteiger partial charge in [0.15, 0.2) is 0 Å². The number of nitrogens with one attached hydrogen (secondary N) is 1. The van der Waals surface area contributed by atoms with Crippen LogP contribution in [0.5, 0.6) is 11.5 Å². The summed E-state index contributed by atoms with van der Waals surface area (Å²) in [5.41, 5.74) is 3.65. The first-order chi connectivity index (χ1) is 9.70. The van der Waals surface area contributed by atoms with Gasteiger partial charge >= 0.3 is 0 Å². The van der Waals surface area contributed by atoms with Crippen LogP contribution < -0.4 is 20.7 Å². The molecule has 20 heavy (non-hydrogen) atoms. The molecule has 3 N–H and O–H groups in total. The number of benzene rings is 1. The second kappa shape index (κ2) is 6.43. The van der Waals surface area contributed by atoms with Crippen LogP contribution in [0.3, 0.4) is 0 Å². The fourth-order valence-electron chi connectivity index (χ4n) is 3.17. The Morgan fingerprint density at radius 1 is 1.15 bits per heavy atom. The predicted octanol–water partition coefficient (Wildman–Crippen LogP) is 2.17. The number of hydrogen-bond acceptors (Lipinski definition) is 5. The van der Waals surface area contributed by atoms with Crippen molar-refractivity contribution >= 4 is 0 Å². The minimum absolute atomic E-state index is 0.101. The zero-order chi connectivity index (χ0) is 14.6. The van der Waals surface area contributed by atoms with Crippen LogP contribution in [-0.4, -0.2) is 26.9 Å². The van der Waals surface area contributed by atoms with Gasteiger partial charge in [-0.15, -0.1) is 0 Å². The largest absolute Gasteiger partial charge is 0.497 e. The molecular weight excluding hydrogens is 256 g/mol. The van der Waals surface area contributed by atoms with Crippen LogP contribution in [0.4, 0.5) is 0 Å². The van der Waals surface area contributed by atoms with Crippen molar-refractivity contribution in [1.82, 2.24) is 5.43 Å². The van der Waals surface area contributed by atoms with Crippen LogP contribution in [0.25, 0.3) is 0 Å². The van der Waals surface area contributed by atoms with Gasteiger partial charge in [-0.25, -0.2) is 5.43 Å². The summed E-state index contributed by atoms with van der Waals surface area (Å²) >= 11 is 0. The number of hydrazine groups is 1. The number of hydrogen-bond donors (Lipinski definition) is 2. The van der Waals surface area contributed by atoms with Crippen LogP contribution in [0.2, 0.25) is 0 Å². The summed E-state index contributed by atoms with van der Waals surface area (Å²) in [5.74, 6) is 7.35. The van der Waals surface area contributed by atoms with E-state index in [-0.39, 0.29) is 11.6 Å². The van der Waals surface area contributed by atoms with E-state index in [9.17, 15) is 0 Å². The van der Waals surface area contributed by atoms with Crippen molar-refractivity contribution in [3.63, 3.8) is 0 Å². The Balaban J connectivity index is 2.40. The van der Waals surface area contributed by atoms with E-state index in [2.05, 4.69) is 5.43 Å². The number of methoxy groups -OCH3 is 3. The molecule has 5 nitrogen and oxygen atoms in total. The lowest BCUT2D eigenvalue weighted by molar-refractivity contribution is -0.0373. The van der Waals surface area contributed by atoms with Gasteiger partial charge in [-0.3, -0.25) is 5.84 Å². The molecule has 1 aromatic carbocycles. The normalized spacial score (nSPS) is 18.8. The molecule has 0 spiro atoms. The van der Waals surface area contributed by atoms with Crippen molar-refractivity contribution in [2.24, 2.45) is 5.84 Å². The molecule has 0 bridgehead atoms. The van der Waals surface area contributed by atoms with Crippen molar-refractivity contribution < 1.29 is 14.2 Å². The van der Waals surface area contributed by atoms with E-state index < -0.39 is 0 Å². The maximum absolute atomic E-state index is 5.83. The standard InChI is InChI=1S/C15H24N2O3/c1-18-11-6-7-12(13(10-11)19-2)14(17-16)15(20-3)8-4-5-9-15/h6-7,10,14,17H,4-5,8-9,16H2,1-3H3. The number of nitrogens with two attached hydrogens (primary N) is 1. The fraction of sp³-hybridized carbons (Fsp3) is 0.600. The highest BCUT2D eigenvalue weighted by Gasteiger charge is 2.43. The number of rotatable bonds is 6. The molecule has 1 fully saturated rings. The van der Waals surface area contributed by atoms with Crippen LogP contribution in [0.1, 0.15) is 37.3 Å². The van der Waals surface area contributed by atoms with Crippen LogP contribution in [0.15, 0.2) is 18.2 Å². The van der Waals surface area contributed by atoms with Gasteiger partial charge in [0.05, 0.1) is 25.9 Å². The van der Waals surface area contributed by atoms with E-state index in [0.717, 1.165) is 42.7 Å². The third-order valence-electron chi connectivity index (χ3n) is 4.30. The van der Waals surface area contributed by atoms with E-state index in [1.165, 1.54) is 0 Å². The van der Waals surface area contributed by atoms with Crippen molar-refractivity contribution in [2.45, 2.75) is 37.3 Å². The van der Waals surface area contributed by atoms with Gasteiger partial charge < -0.3 is 14.2 Å². The summed E-state index contributed by atoms with van der Waals surface area (Å²) in [7, 11) is 5.05. The maximum Gasteiger partial charge on any atom is 0.127 e. The van der Waals surface area contributed by atoms with E-state index in [1.807, 2.05) is 18.2 Å². The molecule has 1 saturated carbocycles. The molecule has 0 aliphatic heterocycles. The molecule has 112 valence electrons. The summed E-state index contributed by atoms with van der Waals surface area (Å²) in [6.45, 7) is 0. The molecule has 1 aliphatic carbocycles. The van der Waals surface area contributed by atoms with Gasteiger partial charge in [0.1, 0.15) is 11.5 Å². The summed E-state index contributed by atoms with van der Waals surface area (Å²) in [4.78, 5) is 0. The summed E-state index contributed by atoms with van der Waals surface area (Å²) in [5, 5.41) is 0. The highest BCUT2D eigenvalue weighted by Crippen LogP contribution is 2.44. The van der Waals surface area contributed by atoms with Gasteiger partial charge in [0.2, 0.25) is 0 Å². The molecule has 0 saturated heterocycles. The lowest BCUT2D eigenvalue weighted by Gasteiger charge is -2.36. The minimum Gasteiger partial charge on any atom is -0.497 e. The molecule has 1 atom stereocenters. The molecule has 0 aromatic heterocycles. The minimum atomic E-state index is -0.267. The molecule has 1 unspecified atom stereocenters. The van der Waals surface area contributed by atoms with E-state index in [1.54, 1.807) is 21.3 Å². The van der Waals surface area contributed by atoms with Crippen molar-refractivity contribution in [3.8, 4) is 11.5 Å². The highest BCUT2D eigenvalue weighted by atomic mass is 16.5. The van der Waals surface area contributed by atoms with Gasteiger partial charge in [0, 0.05) is 18.7 Å². The Morgan fingerprint density at radius 2 is 1.85 bits per heavy atom. The van der Waals surface area contributed by atoms with E-state index >= 15 is 0 Å². The highest BCUT2D eigenvalue weighted by molar-refractivity contribution is 5.43. The first kappa shape index (κ1) is 15.1. The third-order valence-corrected chi connectivity index (χ3v) is 4.30. The summed E-state index contributed by atoms with van der Waals surface area (Å²) < 4.78 is 16.6. The van der Waals surface area contributed by atoms with Gasteiger partial charge in [0.25, 0.3) is 0 Å². The molecule has 0 amide bonds. The molecule has 0 heterocycles. The van der Waals surface area contributed by atoms with Gasteiger partial charge in [-0.1, -0.05) is 12.8 Å². The smallest absolute Gasteiger partial charge is 0.127 e. The Hall–Kier alpha value is -1.30. The fourth-order valence-corrected chi connectivity index (χ4v) is 3.17. The Kier molecular flexibility index (Phi) is 4.86. The number of ether oxygens (including phenoxy) is 3. The summed E-state index contributed by atoms with van der Waals surface area (Å²) in [6, 6.07) is 5.68.